The van der Waals surface area contributed by atoms with E-state index in [9.17, 15) is 9.59 Å². The maximum Gasteiger partial charge on any atom is 0.326 e. The first-order valence-electron chi connectivity index (χ1n) is 5.00. The zero-order valence-electron chi connectivity index (χ0n) is 9.60. The number of aryl methyl sites for hydroxylation is 1. The van der Waals surface area contributed by atoms with Crippen LogP contribution < -0.4 is 5.32 Å². The molecule has 0 saturated carbocycles. The van der Waals surface area contributed by atoms with E-state index in [0.717, 1.165) is 0 Å². The Morgan fingerprint density at radius 3 is 2.82 bits per heavy atom. The predicted octanol–water partition coefficient (Wildman–Crippen LogP) is 0.919. The third-order valence-corrected chi connectivity index (χ3v) is 2.81. The molecule has 0 saturated heterocycles. The Hall–Kier alpha value is -1.50. The van der Waals surface area contributed by atoms with Crippen molar-refractivity contribution in [1.29, 1.82) is 0 Å². The van der Waals surface area contributed by atoms with Gasteiger partial charge >= 0.3 is 5.97 Å². The highest BCUT2D eigenvalue weighted by molar-refractivity contribution is 7.98. The van der Waals surface area contributed by atoms with Crippen LogP contribution in [0.3, 0.4) is 0 Å². The molecule has 2 N–H and O–H groups in total. The van der Waals surface area contributed by atoms with Crippen LogP contribution in [0.25, 0.3) is 0 Å². The van der Waals surface area contributed by atoms with Crippen molar-refractivity contribution < 1.29 is 19.2 Å². The van der Waals surface area contributed by atoms with E-state index in [0.29, 0.717) is 17.7 Å². The molecule has 6 nitrogen and oxygen atoms in total. The number of aliphatic carboxylic acids is 1. The molecule has 0 fully saturated rings. The lowest BCUT2D eigenvalue weighted by Gasteiger charge is -2.12. The second kappa shape index (κ2) is 6.29. The van der Waals surface area contributed by atoms with Crippen molar-refractivity contribution in [2.24, 2.45) is 0 Å². The van der Waals surface area contributed by atoms with E-state index in [1.165, 1.54) is 18.0 Å². The van der Waals surface area contributed by atoms with Crippen molar-refractivity contribution in [1.82, 2.24) is 10.5 Å². The van der Waals surface area contributed by atoms with E-state index in [4.69, 9.17) is 9.63 Å². The molecule has 1 aromatic rings. The average molecular weight is 258 g/mol. The van der Waals surface area contributed by atoms with Gasteiger partial charge in [-0.15, -0.1) is 0 Å². The fourth-order valence-electron chi connectivity index (χ4n) is 1.23. The highest BCUT2D eigenvalue weighted by atomic mass is 32.2. The van der Waals surface area contributed by atoms with E-state index < -0.39 is 17.9 Å². The first-order valence-corrected chi connectivity index (χ1v) is 6.39. The molecule has 94 valence electrons. The molecule has 0 aliphatic heterocycles. The van der Waals surface area contributed by atoms with Crippen LogP contribution in [0.2, 0.25) is 0 Å². The van der Waals surface area contributed by atoms with Crippen LogP contribution in [0, 0.1) is 6.92 Å². The first-order chi connectivity index (χ1) is 8.06. The summed E-state index contributed by atoms with van der Waals surface area (Å²) in [6.07, 6.45) is 3.66. The Bertz CT molecular complexity index is 405. The fourth-order valence-corrected chi connectivity index (χ4v) is 1.70. The fraction of sp³-hybridized carbons (Fsp3) is 0.500. The van der Waals surface area contributed by atoms with Gasteiger partial charge in [-0.3, -0.25) is 4.79 Å². The van der Waals surface area contributed by atoms with Crippen LogP contribution in [0.1, 0.15) is 22.5 Å². The van der Waals surface area contributed by atoms with Gasteiger partial charge in [0.05, 0.1) is 6.20 Å². The standard InChI is InChI=1S/C10H14N2O4S/c1-6-5-11-16-8(6)9(13)12-7(10(14)15)3-4-17-2/h5,7H,3-4H2,1-2H3,(H,12,13)(H,14,15)/t7-/m0/s1. The lowest BCUT2D eigenvalue weighted by atomic mass is 10.2. The van der Waals surface area contributed by atoms with E-state index >= 15 is 0 Å². The Kier molecular flexibility index (Phi) is 5.02. The van der Waals surface area contributed by atoms with Crippen LogP contribution in [-0.2, 0) is 4.79 Å². The Morgan fingerprint density at radius 2 is 2.35 bits per heavy atom. The van der Waals surface area contributed by atoms with Crippen molar-refractivity contribution in [2.75, 3.05) is 12.0 Å². The normalized spacial score (nSPS) is 12.1. The van der Waals surface area contributed by atoms with Gasteiger partial charge in [-0.25, -0.2) is 4.79 Å². The summed E-state index contributed by atoms with van der Waals surface area (Å²) in [6.45, 7) is 1.67. The molecule has 17 heavy (non-hydrogen) atoms. The molecule has 1 aromatic heterocycles. The number of nitrogens with zero attached hydrogens (tertiary/aromatic N) is 1. The number of carboxylic acids is 1. The van der Waals surface area contributed by atoms with E-state index in [1.54, 1.807) is 6.92 Å². The molecule has 0 bridgehead atoms. The molecular formula is C10H14N2O4S. The molecule has 7 heteroatoms. The van der Waals surface area contributed by atoms with Crippen LogP contribution in [0.5, 0.6) is 0 Å². The smallest absolute Gasteiger partial charge is 0.326 e. The van der Waals surface area contributed by atoms with Crippen molar-refractivity contribution in [3.8, 4) is 0 Å². The minimum absolute atomic E-state index is 0.0559. The molecule has 0 radical (unpaired) electrons. The summed E-state index contributed by atoms with van der Waals surface area (Å²) in [5.74, 6) is -0.884. The lowest BCUT2D eigenvalue weighted by Crippen LogP contribution is -2.41. The van der Waals surface area contributed by atoms with Crippen molar-refractivity contribution >= 4 is 23.6 Å². The first kappa shape index (κ1) is 13.6. The van der Waals surface area contributed by atoms with Gasteiger partial charge in [0.15, 0.2) is 0 Å². The number of nitrogens with one attached hydrogen (secondary N) is 1. The number of thioether (sulfide) groups is 1. The Balaban J connectivity index is 2.64. The average Bonchev–Trinajstić information content (AvgIpc) is 2.70. The zero-order chi connectivity index (χ0) is 12.8. The second-order valence-electron chi connectivity index (χ2n) is 3.48. The van der Waals surface area contributed by atoms with Gasteiger partial charge in [0.25, 0.3) is 5.91 Å². The molecule has 0 spiro atoms. The van der Waals surface area contributed by atoms with Crippen LogP contribution >= 0.6 is 11.8 Å². The summed E-state index contributed by atoms with van der Waals surface area (Å²) in [5.41, 5.74) is 0.580. The predicted molar refractivity (Wildman–Crippen MR) is 63.1 cm³/mol. The van der Waals surface area contributed by atoms with Gasteiger partial charge in [0.2, 0.25) is 5.76 Å². The number of carbonyl (C=O) groups is 2. The third-order valence-electron chi connectivity index (χ3n) is 2.17. The minimum Gasteiger partial charge on any atom is -0.480 e. The molecular weight excluding hydrogens is 244 g/mol. The molecule has 0 aliphatic carbocycles. The van der Waals surface area contributed by atoms with Crippen molar-refractivity contribution in [3.05, 3.63) is 17.5 Å². The molecule has 1 rings (SSSR count). The number of carboxylic acid groups (broad SMARTS) is 1. The number of carbonyl (C=O) groups excluding carboxylic acids is 1. The quantitative estimate of drug-likeness (QED) is 0.788. The molecule has 1 amide bonds. The van der Waals surface area contributed by atoms with Gasteiger partial charge in [0.1, 0.15) is 6.04 Å². The maximum absolute atomic E-state index is 11.7. The van der Waals surface area contributed by atoms with Gasteiger partial charge in [-0.1, -0.05) is 5.16 Å². The highest BCUT2D eigenvalue weighted by Crippen LogP contribution is 2.07. The van der Waals surface area contributed by atoms with Gasteiger partial charge in [0, 0.05) is 5.56 Å². The van der Waals surface area contributed by atoms with Crippen LogP contribution in [0.4, 0.5) is 0 Å². The van der Waals surface area contributed by atoms with Crippen molar-refractivity contribution in [3.63, 3.8) is 0 Å². The maximum atomic E-state index is 11.7. The van der Waals surface area contributed by atoms with Crippen LogP contribution in [-0.4, -0.2) is 40.2 Å². The number of hydrogen-bond acceptors (Lipinski definition) is 5. The zero-order valence-corrected chi connectivity index (χ0v) is 10.4. The Morgan fingerprint density at radius 1 is 1.65 bits per heavy atom. The van der Waals surface area contributed by atoms with Gasteiger partial charge < -0.3 is 14.9 Å². The van der Waals surface area contributed by atoms with E-state index in [-0.39, 0.29) is 5.76 Å². The largest absolute Gasteiger partial charge is 0.480 e. The summed E-state index contributed by atoms with van der Waals surface area (Å²) in [4.78, 5) is 22.6. The van der Waals surface area contributed by atoms with E-state index in [2.05, 4.69) is 10.5 Å². The molecule has 0 unspecified atom stereocenters. The highest BCUT2D eigenvalue weighted by Gasteiger charge is 2.23. The third kappa shape index (κ3) is 3.77. The summed E-state index contributed by atoms with van der Waals surface area (Å²) in [5, 5.41) is 14.8. The van der Waals surface area contributed by atoms with Crippen molar-refractivity contribution in [2.45, 2.75) is 19.4 Å². The molecule has 0 aromatic carbocycles. The topological polar surface area (TPSA) is 92.4 Å². The second-order valence-corrected chi connectivity index (χ2v) is 4.47. The molecule has 0 aliphatic rings. The van der Waals surface area contributed by atoms with Crippen LogP contribution in [0.15, 0.2) is 10.7 Å². The summed E-state index contributed by atoms with van der Waals surface area (Å²) < 4.78 is 4.75. The summed E-state index contributed by atoms with van der Waals surface area (Å²) in [7, 11) is 0. The number of hydrogen-bond donors (Lipinski definition) is 2. The number of amides is 1. The number of rotatable bonds is 6. The lowest BCUT2D eigenvalue weighted by molar-refractivity contribution is -0.139. The Labute approximate surface area is 103 Å². The minimum atomic E-state index is -1.05. The van der Waals surface area contributed by atoms with Gasteiger partial charge in [-0.05, 0) is 25.4 Å². The number of aromatic nitrogens is 1. The van der Waals surface area contributed by atoms with E-state index in [1.807, 2.05) is 6.26 Å². The van der Waals surface area contributed by atoms with Gasteiger partial charge in [-0.2, -0.15) is 11.8 Å². The monoisotopic (exact) mass is 258 g/mol. The summed E-state index contributed by atoms with van der Waals surface area (Å²) >= 11 is 1.52. The SMILES string of the molecule is CSCC[C@H](NC(=O)c1oncc1C)C(=O)O. The molecule has 1 atom stereocenters. The summed E-state index contributed by atoms with van der Waals surface area (Å²) in [6, 6.07) is -0.903. The molecule has 1 heterocycles.